The Morgan fingerprint density at radius 1 is 0.127 bits per heavy atom. The maximum Gasteiger partial charge on any atom is 0.0546 e. The van der Waals surface area contributed by atoms with Crippen molar-refractivity contribution in [3.63, 3.8) is 0 Å². The van der Waals surface area contributed by atoms with Crippen LogP contribution in [0.4, 0.5) is 0 Å². The van der Waals surface area contributed by atoms with Crippen molar-refractivity contribution in [1.82, 2.24) is 18.3 Å². The molecule has 0 bridgehead atoms. The van der Waals surface area contributed by atoms with Crippen LogP contribution in [0, 0.1) is 0 Å². The topological polar surface area (TPSA) is 19.7 Å². The van der Waals surface area contributed by atoms with E-state index in [-0.39, 0.29) is 0 Å². The van der Waals surface area contributed by atoms with Crippen LogP contribution in [0.1, 0.15) is 0 Å². The smallest absolute Gasteiger partial charge is 0.0546 e. The fraction of sp³-hybridized carbons (Fsp3) is 0. The van der Waals surface area contributed by atoms with Crippen molar-refractivity contribution in [2.24, 2.45) is 0 Å². The van der Waals surface area contributed by atoms with Gasteiger partial charge in [0.05, 0.1) is 61.2 Å². The van der Waals surface area contributed by atoms with E-state index in [1.807, 2.05) is 0 Å². The van der Waals surface area contributed by atoms with Crippen LogP contribution in [0.5, 0.6) is 0 Å². The normalized spacial score (nSPS) is 12.2. The lowest BCUT2D eigenvalue weighted by Crippen LogP contribution is -1.96. The highest BCUT2D eigenvalue weighted by Crippen LogP contribution is 2.47. The van der Waals surface area contributed by atoms with Crippen molar-refractivity contribution in [1.29, 1.82) is 0 Å². The molecule has 508 valence electrons. The van der Waals surface area contributed by atoms with E-state index in [4.69, 9.17) is 0 Å². The highest BCUT2D eigenvalue weighted by Gasteiger charge is 2.23. The van der Waals surface area contributed by atoms with Crippen molar-refractivity contribution in [3.05, 3.63) is 388 Å². The van der Waals surface area contributed by atoms with Crippen LogP contribution in [0.3, 0.4) is 0 Å². The van der Waals surface area contributed by atoms with Gasteiger partial charge in [0.15, 0.2) is 0 Å². The number of hydrogen-bond acceptors (Lipinski definition) is 0. The Hall–Kier alpha value is -14.6. The minimum Gasteiger partial charge on any atom is -0.309 e. The first-order chi connectivity index (χ1) is 54.6. The summed E-state index contributed by atoms with van der Waals surface area (Å²) in [5, 5.41) is 27.2. The third-order valence-corrected chi connectivity index (χ3v) is 24.1. The van der Waals surface area contributed by atoms with E-state index in [2.05, 4.69) is 407 Å². The first-order valence-corrected chi connectivity index (χ1v) is 38.1. The summed E-state index contributed by atoms with van der Waals surface area (Å²) in [4.78, 5) is 0. The highest BCUT2D eigenvalue weighted by molar-refractivity contribution is 6.21. The Kier molecular flexibility index (Phi) is 12.9. The molecule has 20 aromatic carbocycles. The molecule has 0 fully saturated rings. The SMILES string of the molecule is c1ccc2c(c1)cc(-n1c3ccccc3c3cc(-c4ccc5c(c4)c4ccccc4n5-c4ccc(-c5cccc6c(-c7ccc8cc(-n9c%10ccccc%10c%10cc(-c%11ccc%12c(c%11)c%11ccccc%11n%12-c%11cc%12ccccc%12c%12ccccc%11%12)ccc%109)c9ccccc9c8c7)cccc56)cc4)ccc31)c1ccccc12. The molecule has 4 heteroatoms. The van der Waals surface area contributed by atoms with Gasteiger partial charge in [-0.1, -0.05) is 279 Å². The lowest BCUT2D eigenvalue weighted by Gasteiger charge is -2.16. The number of aromatic nitrogens is 4. The molecular formula is C106H64N4. The number of nitrogens with zero attached hydrogens (tertiary/aromatic N) is 4. The largest absolute Gasteiger partial charge is 0.309 e. The summed E-state index contributed by atoms with van der Waals surface area (Å²) >= 11 is 0. The molecule has 0 atom stereocenters. The Balaban J connectivity index is 0.562. The maximum absolute atomic E-state index is 2.50. The zero-order chi connectivity index (χ0) is 71.8. The Labute approximate surface area is 632 Å². The molecule has 0 aliphatic carbocycles. The molecule has 0 saturated heterocycles. The van der Waals surface area contributed by atoms with Gasteiger partial charge in [0, 0.05) is 64.9 Å². The number of para-hydroxylation sites is 4. The van der Waals surface area contributed by atoms with Crippen LogP contribution >= 0.6 is 0 Å². The van der Waals surface area contributed by atoms with E-state index in [0.717, 1.165) is 5.69 Å². The van der Waals surface area contributed by atoms with E-state index in [1.54, 1.807) is 0 Å². The van der Waals surface area contributed by atoms with Crippen LogP contribution in [0.15, 0.2) is 388 Å². The Morgan fingerprint density at radius 2 is 0.391 bits per heavy atom. The van der Waals surface area contributed by atoms with E-state index >= 15 is 0 Å². The number of hydrogen-bond donors (Lipinski definition) is 0. The monoisotopic (exact) mass is 1390 g/mol. The van der Waals surface area contributed by atoms with Gasteiger partial charge in [-0.05, 0) is 213 Å². The Morgan fingerprint density at radius 3 is 0.791 bits per heavy atom. The molecule has 4 nitrogen and oxygen atoms in total. The Bertz CT molecular complexity index is 8090. The minimum absolute atomic E-state index is 1.13. The molecule has 0 unspecified atom stereocenters. The summed E-state index contributed by atoms with van der Waals surface area (Å²) < 4.78 is 9.89. The van der Waals surface area contributed by atoms with Gasteiger partial charge in [-0.25, -0.2) is 0 Å². The van der Waals surface area contributed by atoms with Crippen LogP contribution < -0.4 is 0 Å². The summed E-state index contributed by atoms with van der Waals surface area (Å²) in [5.41, 5.74) is 23.7. The molecule has 0 N–H and O–H groups in total. The number of fused-ring (bicyclic) bond motifs is 22. The maximum atomic E-state index is 2.50. The van der Waals surface area contributed by atoms with Crippen molar-refractivity contribution in [3.8, 4) is 67.3 Å². The summed E-state index contributed by atoms with van der Waals surface area (Å²) in [6.45, 7) is 0. The van der Waals surface area contributed by atoms with Crippen LogP contribution in [0.25, 0.3) is 230 Å². The molecule has 0 aliphatic heterocycles. The van der Waals surface area contributed by atoms with Gasteiger partial charge >= 0.3 is 0 Å². The van der Waals surface area contributed by atoms with E-state index in [0.29, 0.717) is 0 Å². The fourth-order valence-electron chi connectivity index (χ4n) is 19.1. The van der Waals surface area contributed by atoms with Crippen molar-refractivity contribution in [2.45, 2.75) is 0 Å². The number of benzene rings is 20. The van der Waals surface area contributed by atoms with Gasteiger partial charge in [0.2, 0.25) is 0 Å². The summed E-state index contributed by atoms with van der Waals surface area (Å²) in [5.74, 6) is 0. The summed E-state index contributed by atoms with van der Waals surface area (Å²) in [7, 11) is 0. The molecular weight excluding hydrogens is 1330 g/mol. The number of rotatable bonds is 8. The second kappa shape index (κ2) is 23.5. The molecule has 24 rings (SSSR count). The molecule has 0 aliphatic rings. The first-order valence-electron chi connectivity index (χ1n) is 38.1. The van der Waals surface area contributed by atoms with Crippen LogP contribution in [-0.4, -0.2) is 18.3 Å². The second-order valence-electron chi connectivity index (χ2n) is 29.8. The van der Waals surface area contributed by atoms with Crippen LogP contribution in [0.2, 0.25) is 0 Å². The van der Waals surface area contributed by atoms with Crippen molar-refractivity contribution in [2.75, 3.05) is 0 Å². The van der Waals surface area contributed by atoms with Gasteiger partial charge in [-0.15, -0.1) is 0 Å². The third-order valence-electron chi connectivity index (χ3n) is 24.1. The van der Waals surface area contributed by atoms with Crippen molar-refractivity contribution < 1.29 is 0 Å². The molecule has 0 amide bonds. The van der Waals surface area contributed by atoms with Gasteiger partial charge in [-0.2, -0.15) is 0 Å². The van der Waals surface area contributed by atoms with Gasteiger partial charge in [0.25, 0.3) is 0 Å². The quantitative estimate of drug-likeness (QED) is 0.135. The van der Waals surface area contributed by atoms with E-state index < -0.39 is 0 Å². The third kappa shape index (κ3) is 8.90. The minimum atomic E-state index is 1.13. The standard InChI is InChI=1S/C106H64N4/c1-3-23-76-70(21-1)62-104(84-28-8-5-25-81(76)84)108-97-40-16-12-32-88(97)93-58-67(48-54-101(93)108)66-47-53-100-92(57-66)87-31-11-15-39-96(87)107(100)74-51-45-65(46-52-74)75-35-19-38-80-78(36-20-37-79(75)80)72-43-44-73-64-106(86-30-10-7-27-83(86)91(73)61-72)110-99-42-18-14-34-90(99)95-60-69(50-56-103(95)110)68-49-55-102-94(59-68)89-33-13-17-41-98(89)109(102)105-63-71-22-2-4-24-77(71)82-26-6-9-29-85(82)105/h1-64H. The average molecular weight is 1390 g/mol. The molecule has 0 radical (unpaired) electrons. The molecule has 24 aromatic rings. The molecule has 4 aromatic heterocycles. The van der Waals surface area contributed by atoms with Gasteiger partial charge in [0.1, 0.15) is 0 Å². The molecule has 4 heterocycles. The summed E-state index contributed by atoms with van der Waals surface area (Å²) in [6.07, 6.45) is 0. The average Bonchev–Trinajstić information content (AvgIpc) is 1.53. The van der Waals surface area contributed by atoms with E-state index in [9.17, 15) is 0 Å². The second-order valence-corrected chi connectivity index (χ2v) is 29.8. The van der Waals surface area contributed by atoms with E-state index in [1.165, 1.54) is 224 Å². The first kappa shape index (κ1) is 60.7. The summed E-state index contributed by atoms with van der Waals surface area (Å²) in [6, 6.07) is 145. The lowest BCUT2D eigenvalue weighted by molar-refractivity contribution is 1.18. The van der Waals surface area contributed by atoms with Gasteiger partial charge < -0.3 is 18.3 Å². The fourth-order valence-corrected chi connectivity index (χ4v) is 19.1. The molecule has 0 saturated carbocycles. The van der Waals surface area contributed by atoms with Crippen LogP contribution in [-0.2, 0) is 0 Å². The predicted molar refractivity (Wildman–Crippen MR) is 468 cm³/mol. The zero-order valence-electron chi connectivity index (χ0n) is 59.7. The highest BCUT2D eigenvalue weighted by atomic mass is 15.0. The lowest BCUT2D eigenvalue weighted by atomic mass is 9.91. The van der Waals surface area contributed by atoms with Gasteiger partial charge in [-0.3, -0.25) is 0 Å². The zero-order valence-corrected chi connectivity index (χ0v) is 59.7. The van der Waals surface area contributed by atoms with Crippen molar-refractivity contribution >= 4 is 163 Å². The molecule has 110 heavy (non-hydrogen) atoms. The molecule has 0 spiro atoms. The predicted octanol–water partition coefficient (Wildman–Crippen LogP) is 28.8.